The molecule has 2 aromatic rings. The first-order chi connectivity index (χ1) is 18.1. The summed E-state index contributed by atoms with van der Waals surface area (Å²) < 4.78 is 49.6. The van der Waals surface area contributed by atoms with Crippen LogP contribution in [0.15, 0.2) is 48.5 Å². The van der Waals surface area contributed by atoms with Crippen LogP contribution in [0.3, 0.4) is 0 Å². The van der Waals surface area contributed by atoms with Gasteiger partial charge in [0, 0.05) is 51.4 Å². The van der Waals surface area contributed by atoms with Crippen LogP contribution in [-0.2, 0) is 36.3 Å². The van der Waals surface area contributed by atoms with E-state index in [0.29, 0.717) is 51.0 Å². The van der Waals surface area contributed by atoms with Crippen molar-refractivity contribution in [2.75, 3.05) is 26.3 Å². The zero-order valence-corrected chi connectivity index (χ0v) is 22.7. The predicted molar refractivity (Wildman–Crippen MR) is 142 cm³/mol. The molecule has 2 aromatic carbocycles. The summed E-state index contributed by atoms with van der Waals surface area (Å²) in [6, 6.07) is 13.6. The van der Waals surface area contributed by atoms with Crippen molar-refractivity contribution < 1.29 is 27.1 Å². The number of carbonyl (C=O) groups is 2. The molecule has 0 aliphatic carbocycles. The van der Waals surface area contributed by atoms with Gasteiger partial charge in [-0.15, -0.1) is 0 Å². The lowest BCUT2D eigenvalue weighted by molar-refractivity contribution is -0.130. The molecule has 8 nitrogen and oxygen atoms in total. The minimum atomic E-state index is -3.70. The molecule has 2 fully saturated rings. The Morgan fingerprint density at radius 2 is 1.74 bits per heavy atom. The largest absolute Gasteiger partial charge is 0.381 e. The van der Waals surface area contributed by atoms with Crippen molar-refractivity contribution in [3.05, 3.63) is 71.0 Å². The van der Waals surface area contributed by atoms with Gasteiger partial charge in [-0.2, -0.15) is 4.31 Å². The van der Waals surface area contributed by atoms with E-state index in [-0.39, 0.29) is 36.5 Å². The maximum atomic E-state index is 15.6. The van der Waals surface area contributed by atoms with Crippen molar-refractivity contribution in [1.29, 1.82) is 0 Å². The van der Waals surface area contributed by atoms with Gasteiger partial charge in [0.25, 0.3) is 0 Å². The minimum Gasteiger partial charge on any atom is -0.381 e. The van der Waals surface area contributed by atoms with Gasteiger partial charge in [-0.25, -0.2) is 12.8 Å². The maximum Gasteiger partial charge on any atom is 0.230 e. The van der Waals surface area contributed by atoms with Crippen LogP contribution in [0.5, 0.6) is 0 Å². The Kier molecular flexibility index (Phi) is 8.85. The minimum absolute atomic E-state index is 0.0715. The molecule has 2 amide bonds. The number of sulfonamides is 1. The third-order valence-electron chi connectivity index (χ3n) is 7.69. The zero-order chi connectivity index (χ0) is 27.3. The number of carbonyl (C=O) groups excluding carboxylic acids is 2. The summed E-state index contributed by atoms with van der Waals surface area (Å²) in [5, 5.41) is 4.85. The molecule has 0 bridgehead atoms. The second-order valence-electron chi connectivity index (χ2n) is 10.2. The van der Waals surface area contributed by atoms with E-state index in [9.17, 15) is 18.0 Å². The van der Waals surface area contributed by atoms with Crippen LogP contribution in [0.4, 0.5) is 4.39 Å². The van der Waals surface area contributed by atoms with Crippen LogP contribution < -0.4 is 10.6 Å². The molecule has 4 rings (SSSR count). The van der Waals surface area contributed by atoms with Crippen LogP contribution in [0.25, 0.3) is 0 Å². The highest BCUT2D eigenvalue weighted by atomic mass is 32.2. The molecule has 0 saturated carbocycles. The van der Waals surface area contributed by atoms with Crippen LogP contribution in [0.1, 0.15) is 61.5 Å². The Bertz CT molecular complexity index is 1250. The highest BCUT2D eigenvalue weighted by molar-refractivity contribution is 7.89. The molecule has 2 aliphatic rings. The smallest absolute Gasteiger partial charge is 0.230 e. The second-order valence-corrected chi connectivity index (χ2v) is 12.2. The lowest BCUT2D eigenvalue weighted by Gasteiger charge is -2.38. The Morgan fingerprint density at radius 1 is 1.05 bits per heavy atom. The fourth-order valence-electron chi connectivity index (χ4n) is 5.44. The molecule has 2 N–H and O–H groups in total. The van der Waals surface area contributed by atoms with E-state index in [1.807, 2.05) is 37.3 Å². The molecule has 2 heterocycles. The van der Waals surface area contributed by atoms with E-state index < -0.39 is 26.5 Å². The van der Waals surface area contributed by atoms with Crippen molar-refractivity contribution in [3.63, 3.8) is 0 Å². The number of rotatable bonds is 8. The average Bonchev–Trinajstić information content (AvgIpc) is 2.90. The van der Waals surface area contributed by atoms with Crippen LogP contribution in [0.2, 0.25) is 0 Å². The summed E-state index contributed by atoms with van der Waals surface area (Å²) in [6.07, 6.45) is 2.00. The first kappa shape index (κ1) is 28.2. The summed E-state index contributed by atoms with van der Waals surface area (Å²) in [6.45, 7) is 4.48. The second kappa shape index (κ2) is 11.9. The van der Waals surface area contributed by atoms with Gasteiger partial charge >= 0.3 is 0 Å². The number of hydrogen-bond acceptors (Lipinski definition) is 5. The topological polar surface area (TPSA) is 105 Å². The molecule has 0 radical (unpaired) electrons. The van der Waals surface area contributed by atoms with Gasteiger partial charge in [0.15, 0.2) is 0 Å². The first-order valence-corrected chi connectivity index (χ1v) is 14.6. The molecular formula is C28H36FN3O5S. The van der Waals surface area contributed by atoms with E-state index >= 15 is 4.39 Å². The van der Waals surface area contributed by atoms with Gasteiger partial charge in [-0.1, -0.05) is 42.5 Å². The molecular weight excluding hydrogens is 509 g/mol. The Hall–Kier alpha value is -2.82. The van der Waals surface area contributed by atoms with Gasteiger partial charge in [0.1, 0.15) is 11.1 Å². The monoisotopic (exact) mass is 545 g/mol. The normalized spacial score (nSPS) is 22.9. The quantitative estimate of drug-likeness (QED) is 0.496. The molecule has 2 aliphatic heterocycles. The van der Waals surface area contributed by atoms with Gasteiger partial charge in [0.2, 0.25) is 21.8 Å². The zero-order valence-electron chi connectivity index (χ0n) is 21.9. The first-order valence-electron chi connectivity index (χ1n) is 13.1. The molecule has 2 atom stereocenters. The Balaban J connectivity index is 1.56. The average molecular weight is 546 g/mol. The highest BCUT2D eigenvalue weighted by Crippen LogP contribution is 2.39. The van der Waals surface area contributed by atoms with Crippen molar-refractivity contribution in [1.82, 2.24) is 14.9 Å². The number of amides is 2. The summed E-state index contributed by atoms with van der Waals surface area (Å²) in [7, 11) is -3.70. The maximum absolute atomic E-state index is 15.6. The molecule has 0 unspecified atom stereocenters. The lowest BCUT2D eigenvalue weighted by atomic mass is 9.73. The molecule has 0 aromatic heterocycles. The van der Waals surface area contributed by atoms with Crippen LogP contribution in [-0.4, -0.2) is 56.9 Å². The fraction of sp³-hybridized carbons (Fsp3) is 0.500. The number of halogens is 1. The summed E-state index contributed by atoms with van der Waals surface area (Å²) in [5.41, 5.74) is 0.588. The number of hydrogen-bond donors (Lipinski definition) is 2. The number of benzene rings is 2. The Labute approximate surface area is 224 Å². The van der Waals surface area contributed by atoms with Gasteiger partial charge in [0.05, 0.1) is 5.41 Å². The van der Waals surface area contributed by atoms with Crippen LogP contribution >= 0.6 is 0 Å². The number of ether oxygens (including phenoxy) is 1. The summed E-state index contributed by atoms with van der Waals surface area (Å²) >= 11 is 0. The predicted octanol–water partition coefficient (Wildman–Crippen LogP) is 3.18. The number of nitrogens with one attached hydrogen (secondary N) is 2. The molecule has 38 heavy (non-hydrogen) atoms. The molecule has 206 valence electrons. The van der Waals surface area contributed by atoms with E-state index in [1.165, 1.54) is 17.3 Å². The summed E-state index contributed by atoms with van der Waals surface area (Å²) in [5.74, 6) is -0.960. The van der Waals surface area contributed by atoms with Crippen molar-refractivity contribution >= 4 is 21.8 Å². The third-order valence-corrected chi connectivity index (χ3v) is 10.1. The van der Waals surface area contributed by atoms with Gasteiger partial charge < -0.3 is 15.4 Å². The lowest BCUT2D eigenvalue weighted by Crippen LogP contribution is -2.49. The summed E-state index contributed by atoms with van der Waals surface area (Å²) in [4.78, 5) is 24.4. The standard InChI is InChI=1S/C28H36FN3O5S/c1-20-8-11-26(22-6-4-3-5-7-22)38(35,36)32(20)19-23-9-10-24(18-25(23)29)28(12-16-37-17-13-28)27(34)31-15-14-30-21(2)33/h3-7,9-10,18,20,26H,8,11-17,19H2,1-2H3,(H,30,33)(H,31,34)/t20-,26+/m0/s1. The van der Waals surface area contributed by atoms with Crippen LogP contribution in [0, 0.1) is 5.82 Å². The molecule has 0 spiro atoms. The van der Waals surface area contributed by atoms with Gasteiger partial charge in [-0.05, 0) is 49.8 Å². The number of nitrogens with zero attached hydrogens (tertiary/aromatic N) is 1. The van der Waals surface area contributed by atoms with E-state index in [1.54, 1.807) is 12.1 Å². The van der Waals surface area contributed by atoms with Crippen molar-refractivity contribution in [2.24, 2.45) is 0 Å². The van der Waals surface area contributed by atoms with Crippen molar-refractivity contribution in [3.8, 4) is 0 Å². The molecule has 10 heteroatoms. The van der Waals surface area contributed by atoms with E-state index in [0.717, 1.165) is 5.56 Å². The fourth-order valence-corrected chi connectivity index (χ4v) is 7.63. The van der Waals surface area contributed by atoms with Crippen molar-refractivity contribution in [2.45, 2.75) is 62.8 Å². The third kappa shape index (κ3) is 5.92. The SMILES string of the molecule is CC(=O)NCCNC(=O)C1(c2ccc(CN3[C@@H](C)CC[C@H](c4ccccc4)S3(=O)=O)c(F)c2)CCOCC1. The Morgan fingerprint density at radius 3 is 2.39 bits per heavy atom. The highest BCUT2D eigenvalue weighted by Gasteiger charge is 2.43. The molecule has 2 saturated heterocycles. The van der Waals surface area contributed by atoms with E-state index in [2.05, 4.69) is 10.6 Å². The van der Waals surface area contributed by atoms with Gasteiger partial charge in [-0.3, -0.25) is 9.59 Å². The van der Waals surface area contributed by atoms with E-state index in [4.69, 9.17) is 4.74 Å².